The standard InChI is InChI=1S/C10H11N5O/c11-10(3-4-10)9(16)14-8-1-5-12-7-2-6-13-15(7)8/h1-2,5-6H,3-4,11H2,(H,14,16). The van der Waals surface area contributed by atoms with E-state index in [0.717, 1.165) is 12.8 Å². The fourth-order valence-electron chi connectivity index (χ4n) is 1.53. The second kappa shape index (κ2) is 3.02. The third-order valence-electron chi connectivity index (χ3n) is 2.77. The monoisotopic (exact) mass is 217 g/mol. The summed E-state index contributed by atoms with van der Waals surface area (Å²) in [6, 6.07) is 3.47. The summed E-state index contributed by atoms with van der Waals surface area (Å²) in [5.41, 5.74) is 5.82. The Bertz CT molecular complexity index is 557. The van der Waals surface area contributed by atoms with Gasteiger partial charge < -0.3 is 11.1 Å². The Morgan fingerprint density at radius 1 is 1.44 bits per heavy atom. The van der Waals surface area contributed by atoms with Gasteiger partial charge in [0, 0.05) is 12.3 Å². The Balaban J connectivity index is 1.94. The lowest BCUT2D eigenvalue weighted by Gasteiger charge is -2.10. The fourth-order valence-corrected chi connectivity index (χ4v) is 1.53. The van der Waals surface area contributed by atoms with Crippen molar-refractivity contribution in [3.8, 4) is 0 Å². The lowest BCUT2D eigenvalue weighted by Crippen LogP contribution is -2.38. The molecule has 0 atom stereocenters. The van der Waals surface area contributed by atoms with E-state index < -0.39 is 5.54 Å². The average molecular weight is 217 g/mol. The second-order valence-electron chi connectivity index (χ2n) is 4.04. The average Bonchev–Trinajstić information content (AvgIpc) is 2.85. The zero-order valence-corrected chi connectivity index (χ0v) is 8.55. The molecular weight excluding hydrogens is 206 g/mol. The van der Waals surface area contributed by atoms with Gasteiger partial charge in [-0.15, -0.1) is 0 Å². The lowest BCUT2D eigenvalue weighted by atomic mass is 10.3. The maximum atomic E-state index is 11.8. The first-order valence-electron chi connectivity index (χ1n) is 5.08. The highest BCUT2D eigenvalue weighted by Crippen LogP contribution is 2.33. The van der Waals surface area contributed by atoms with Crippen LogP contribution in [0.5, 0.6) is 0 Å². The molecule has 0 saturated heterocycles. The molecule has 1 amide bonds. The molecule has 0 radical (unpaired) electrons. The minimum absolute atomic E-state index is 0.157. The Hall–Kier alpha value is -1.95. The summed E-state index contributed by atoms with van der Waals surface area (Å²) in [6.07, 6.45) is 4.74. The van der Waals surface area contributed by atoms with Crippen molar-refractivity contribution in [3.63, 3.8) is 0 Å². The maximum absolute atomic E-state index is 11.8. The highest BCUT2D eigenvalue weighted by Gasteiger charge is 2.46. The molecule has 16 heavy (non-hydrogen) atoms. The highest BCUT2D eigenvalue weighted by molar-refractivity contribution is 5.99. The summed E-state index contributed by atoms with van der Waals surface area (Å²) >= 11 is 0. The first-order valence-corrected chi connectivity index (χ1v) is 5.08. The summed E-state index contributed by atoms with van der Waals surface area (Å²) in [5, 5.41) is 6.84. The number of fused-ring (bicyclic) bond motifs is 1. The number of hydrogen-bond donors (Lipinski definition) is 2. The van der Waals surface area contributed by atoms with Gasteiger partial charge in [-0.3, -0.25) is 4.79 Å². The largest absolute Gasteiger partial charge is 0.317 e. The van der Waals surface area contributed by atoms with Crippen molar-refractivity contribution < 1.29 is 4.79 Å². The van der Waals surface area contributed by atoms with Crippen LogP contribution in [0.25, 0.3) is 5.65 Å². The van der Waals surface area contributed by atoms with Gasteiger partial charge in [-0.2, -0.15) is 9.61 Å². The molecule has 0 spiro atoms. The quantitative estimate of drug-likeness (QED) is 0.750. The van der Waals surface area contributed by atoms with Crippen molar-refractivity contribution in [2.45, 2.75) is 18.4 Å². The molecule has 0 unspecified atom stereocenters. The Morgan fingerprint density at radius 3 is 3.00 bits per heavy atom. The number of nitrogens with zero attached hydrogens (tertiary/aromatic N) is 3. The van der Waals surface area contributed by atoms with Crippen LogP contribution < -0.4 is 11.1 Å². The molecule has 6 heteroatoms. The number of amides is 1. The van der Waals surface area contributed by atoms with Crippen LogP contribution in [0.2, 0.25) is 0 Å². The van der Waals surface area contributed by atoms with Gasteiger partial charge in [0.15, 0.2) is 5.65 Å². The molecule has 82 valence electrons. The van der Waals surface area contributed by atoms with Crippen molar-refractivity contribution in [1.29, 1.82) is 0 Å². The lowest BCUT2D eigenvalue weighted by molar-refractivity contribution is -0.118. The SMILES string of the molecule is NC1(C(=O)Nc2ccnc3ccnn23)CC1. The highest BCUT2D eigenvalue weighted by atomic mass is 16.2. The topological polar surface area (TPSA) is 85.3 Å². The molecule has 1 fully saturated rings. The van der Waals surface area contributed by atoms with Crippen molar-refractivity contribution in [2.75, 3.05) is 5.32 Å². The van der Waals surface area contributed by atoms with Crippen molar-refractivity contribution in [2.24, 2.45) is 5.73 Å². The minimum Gasteiger partial charge on any atom is -0.317 e. The first-order chi connectivity index (χ1) is 7.69. The molecule has 0 aliphatic heterocycles. The molecule has 0 aromatic carbocycles. The number of carbonyl (C=O) groups is 1. The molecule has 3 N–H and O–H groups in total. The Labute approximate surface area is 91.5 Å². The molecule has 2 aromatic rings. The van der Waals surface area contributed by atoms with Crippen LogP contribution in [0.1, 0.15) is 12.8 Å². The predicted octanol–water partition coefficient (Wildman–Crippen LogP) is 0.159. The van der Waals surface area contributed by atoms with Crippen LogP contribution in [0, 0.1) is 0 Å². The molecule has 1 aliphatic rings. The van der Waals surface area contributed by atoms with E-state index in [-0.39, 0.29) is 5.91 Å². The normalized spacial score (nSPS) is 17.3. The van der Waals surface area contributed by atoms with Crippen LogP contribution in [-0.4, -0.2) is 26.0 Å². The molecular formula is C10H11N5O. The van der Waals surface area contributed by atoms with Gasteiger partial charge in [-0.1, -0.05) is 0 Å². The number of rotatable bonds is 2. The van der Waals surface area contributed by atoms with E-state index in [1.54, 1.807) is 29.0 Å². The zero-order chi connectivity index (χ0) is 11.2. The molecule has 1 aliphatic carbocycles. The van der Waals surface area contributed by atoms with Gasteiger partial charge >= 0.3 is 0 Å². The molecule has 2 aromatic heterocycles. The predicted molar refractivity (Wildman–Crippen MR) is 57.8 cm³/mol. The van der Waals surface area contributed by atoms with Gasteiger partial charge in [-0.25, -0.2) is 4.98 Å². The number of carbonyl (C=O) groups excluding carboxylic acids is 1. The van der Waals surface area contributed by atoms with Crippen LogP contribution in [0.3, 0.4) is 0 Å². The van der Waals surface area contributed by atoms with Gasteiger partial charge in [-0.05, 0) is 18.9 Å². The van der Waals surface area contributed by atoms with Crippen molar-refractivity contribution in [1.82, 2.24) is 14.6 Å². The number of anilines is 1. The fraction of sp³-hybridized carbons (Fsp3) is 0.300. The van der Waals surface area contributed by atoms with Crippen LogP contribution in [0.4, 0.5) is 5.82 Å². The Kier molecular flexibility index (Phi) is 1.75. The summed E-state index contributed by atoms with van der Waals surface area (Å²) < 4.78 is 1.57. The van der Waals surface area contributed by atoms with Crippen LogP contribution in [0.15, 0.2) is 24.5 Å². The van der Waals surface area contributed by atoms with Gasteiger partial charge in [0.1, 0.15) is 5.82 Å². The van der Waals surface area contributed by atoms with Gasteiger partial charge in [0.05, 0.1) is 11.7 Å². The summed E-state index contributed by atoms with van der Waals surface area (Å²) in [6.45, 7) is 0. The third kappa shape index (κ3) is 1.35. The van der Waals surface area contributed by atoms with E-state index >= 15 is 0 Å². The molecule has 6 nitrogen and oxygen atoms in total. The van der Waals surface area contributed by atoms with E-state index in [4.69, 9.17) is 5.73 Å². The van der Waals surface area contributed by atoms with Gasteiger partial charge in [0.2, 0.25) is 5.91 Å². The van der Waals surface area contributed by atoms with E-state index in [9.17, 15) is 4.79 Å². The summed E-state index contributed by atoms with van der Waals surface area (Å²) in [5.74, 6) is 0.437. The maximum Gasteiger partial charge on any atom is 0.245 e. The first kappa shape index (κ1) is 9.29. The second-order valence-corrected chi connectivity index (χ2v) is 4.04. The molecule has 1 saturated carbocycles. The van der Waals surface area contributed by atoms with Crippen LogP contribution >= 0.6 is 0 Å². The summed E-state index contributed by atoms with van der Waals surface area (Å²) in [7, 11) is 0. The number of nitrogens with one attached hydrogen (secondary N) is 1. The van der Waals surface area contributed by atoms with Crippen LogP contribution in [-0.2, 0) is 4.79 Å². The number of nitrogens with two attached hydrogens (primary N) is 1. The molecule has 0 bridgehead atoms. The Morgan fingerprint density at radius 2 is 2.25 bits per heavy atom. The zero-order valence-electron chi connectivity index (χ0n) is 8.55. The van der Waals surface area contributed by atoms with E-state index in [1.165, 1.54) is 0 Å². The summed E-state index contributed by atoms with van der Waals surface area (Å²) in [4.78, 5) is 15.9. The van der Waals surface area contributed by atoms with Gasteiger partial charge in [0.25, 0.3) is 0 Å². The van der Waals surface area contributed by atoms with E-state index in [1.807, 2.05) is 0 Å². The molecule has 3 rings (SSSR count). The molecule has 2 heterocycles. The third-order valence-corrected chi connectivity index (χ3v) is 2.77. The van der Waals surface area contributed by atoms with Crippen molar-refractivity contribution in [3.05, 3.63) is 24.5 Å². The number of aromatic nitrogens is 3. The van der Waals surface area contributed by atoms with E-state index in [0.29, 0.717) is 11.5 Å². The minimum atomic E-state index is -0.678. The van der Waals surface area contributed by atoms with Crippen molar-refractivity contribution >= 4 is 17.4 Å². The smallest absolute Gasteiger partial charge is 0.245 e. The number of hydrogen-bond acceptors (Lipinski definition) is 4. The van der Waals surface area contributed by atoms with E-state index in [2.05, 4.69) is 15.4 Å².